The fraction of sp³-hybridized carbons (Fsp3) is 0.611. The molecule has 0 radical (unpaired) electrons. The van der Waals surface area contributed by atoms with Crippen LogP contribution in [0.15, 0.2) is 18.2 Å². The largest absolute Gasteiger partial charge is 0.454 e. The minimum absolute atomic E-state index is 0.0724. The molecule has 25 heavy (non-hydrogen) atoms. The molecule has 2 aliphatic rings. The van der Waals surface area contributed by atoms with Gasteiger partial charge in [-0.25, -0.2) is 4.79 Å². The summed E-state index contributed by atoms with van der Waals surface area (Å²) in [6, 6.07) is 5.93. The quantitative estimate of drug-likeness (QED) is 0.819. The Kier molecular flexibility index (Phi) is 5.99. The van der Waals surface area contributed by atoms with Crippen LogP contribution in [-0.2, 0) is 4.74 Å². The lowest BCUT2D eigenvalue weighted by atomic mass is 10.0. The average molecular weight is 349 g/mol. The molecule has 1 saturated heterocycles. The number of hydrogen-bond donors (Lipinski definition) is 2. The van der Waals surface area contributed by atoms with Gasteiger partial charge in [0.05, 0.1) is 19.3 Å². The summed E-state index contributed by atoms with van der Waals surface area (Å²) in [6.45, 7) is 8.70. The first-order chi connectivity index (χ1) is 12.1. The number of carbonyl (C=O) groups is 1. The molecule has 1 fully saturated rings. The number of urea groups is 1. The third-order valence-electron chi connectivity index (χ3n) is 4.39. The second-order valence-electron chi connectivity index (χ2n) is 6.76. The van der Waals surface area contributed by atoms with Crippen LogP contribution in [-0.4, -0.2) is 57.1 Å². The van der Waals surface area contributed by atoms with E-state index in [9.17, 15) is 4.79 Å². The van der Waals surface area contributed by atoms with Crippen molar-refractivity contribution in [3.8, 4) is 11.5 Å². The van der Waals surface area contributed by atoms with E-state index in [0.29, 0.717) is 32.2 Å². The Morgan fingerprint density at radius 1 is 1.12 bits per heavy atom. The van der Waals surface area contributed by atoms with Gasteiger partial charge in [0.15, 0.2) is 11.5 Å². The van der Waals surface area contributed by atoms with Crippen LogP contribution in [0.2, 0.25) is 0 Å². The zero-order chi connectivity index (χ0) is 17.6. The fourth-order valence-corrected chi connectivity index (χ4v) is 3.02. The van der Waals surface area contributed by atoms with Crippen molar-refractivity contribution < 1.29 is 19.0 Å². The van der Waals surface area contributed by atoms with E-state index in [2.05, 4.69) is 29.4 Å². The van der Waals surface area contributed by atoms with Crippen LogP contribution in [0, 0.1) is 5.92 Å². The molecule has 2 aliphatic heterocycles. The molecule has 2 N–H and O–H groups in total. The number of nitrogens with zero attached hydrogens (tertiary/aromatic N) is 1. The molecule has 7 nitrogen and oxygen atoms in total. The standard InChI is InChI=1S/C18H27N3O4/c1-13(2)10-19-18(22)20-11-15(21-5-7-23-8-6-21)14-3-4-16-17(9-14)25-12-24-16/h3-4,9,13,15H,5-8,10-12H2,1-2H3,(H2,19,20,22). The van der Waals surface area contributed by atoms with Gasteiger partial charge in [-0.1, -0.05) is 19.9 Å². The second kappa shape index (κ2) is 8.40. The Balaban J connectivity index is 1.68. The molecule has 0 aromatic heterocycles. The maximum Gasteiger partial charge on any atom is 0.314 e. The van der Waals surface area contributed by atoms with Crippen molar-refractivity contribution in [1.29, 1.82) is 0 Å². The van der Waals surface area contributed by atoms with Crippen molar-refractivity contribution in [2.45, 2.75) is 19.9 Å². The number of rotatable bonds is 6. The van der Waals surface area contributed by atoms with E-state index in [4.69, 9.17) is 14.2 Å². The number of fused-ring (bicyclic) bond motifs is 1. The lowest BCUT2D eigenvalue weighted by Gasteiger charge is -2.35. The van der Waals surface area contributed by atoms with Gasteiger partial charge in [-0.05, 0) is 23.6 Å². The molecule has 0 spiro atoms. The Bertz CT molecular complexity index is 588. The van der Waals surface area contributed by atoms with E-state index in [-0.39, 0.29) is 18.9 Å². The molecule has 0 bridgehead atoms. The molecular weight excluding hydrogens is 322 g/mol. The fourth-order valence-electron chi connectivity index (χ4n) is 3.02. The van der Waals surface area contributed by atoms with Gasteiger partial charge in [0.1, 0.15) is 0 Å². The molecule has 0 saturated carbocycles. The van der Waals surface area contributed by atoms with E-state index in [1.165, 1.54) is 0 Å². The van der Waals surface area contributed by atoms with Gasteiger partial charge in [-0.15, -0.1) is 0 Å². The highest BCUT2D eigenvalue weighted by molar-refractivity contribution is 5.73. The SMILES string of the molecule is CC(C)CNC(=O)NCC(c1ccc2c(c1)OCO2)N1CCOCC1. The summed E-state index contributed by atoms with van der Waals surface area (Å²) in [5.74, 6) is 1.96. The van der Waals surface area contributed by atoms with Crippen molar-refractivity contribution in [1.82, 2.24) is 15.5 Å². The number of carbonyl (C=O) groups excluding carboxylic acids is 1. The molecule has 2 amide bonds. The third kappa shape index (κ3) is 4.76. The second-order valence-corrected chi connectivity index (χ2v) is 6.76. The summed E-state index contributed by atoms with van der Waals surface area (Å²) in [5.41, 5.74) is 1.11. The van der Waals surface area contributed by atoms with Crippen LogP contribution in [0.25, 0.3) is 0 Å². The van der Waals surface area contributed by atoms with Gasteiger partial charge >= 0.3 is 6.03 Å². The topological polar surface area (TPSA) is 72.1 Å². The summed E-state index contributed by atoms with van der Waals surface area (Å²) >= 11 is 0. The highest BCUT2D eigenvalue weighted by Crippen LogP contribution is 2.35. The predicted molar refractivity (Wildman–Crippen MR) is 93.9 cm³/mol. The number of benzene rings is 1. The van der Waals surface area contributed by atoms with E-state index >= 15 is 0 Å². The molecule has 1 unspecified atom stereocenters. The van der Waals surface area contributed by atoms with Crippen LogP contribution < -0.4 is 20.1 Å². The number of morpholine rings is 1. The smallest absolute Gasteiger partial charge is 0.314 e. The summed E-state index contributed by atoms with van der Waals surface area (Å²) in [5, 5.41) is 5.89. The molecule has 2 heterocycles. The van der Waals surface area contributed by atoms with E-state index in [1.54, 1.807) is 0 Å². The molecule has 1 aromatic carbocycles. The summed E-state index contributed by atoms with van der Waals surface area (Å²) in [6.07, 6.45) is 0. The average Bonchev–Trinajstić information content (AvgIpc) is 3.09. The van der Waals surface area contributed by atoms with Crippen LogP contribution >= 0.6 is 0 Å². The van der Waals surface area contributed by atoms with Crippen molar-refractivity contribution in [2.24, 2.45) is 5.92 Å². The van der Waals surface area contributed by atoms with E-state index in [1.807, 2.05) is 18.2 Å². The normalized spacial score (nSPS) is 18.2. The molecule has 1 atom stereocenters. The number of hydrogen-bond acceptors (Lipinski definition) is 5. The molecule has 1 aromatic rings. The first kappa shape index (κ1) is 17.8. The van der Waals surface area contributed by atoms with Gasteiger partial charge in [0.25, 0.3) is 0 Å². The summed E-state index contributed by atoms with van der Waals surface area (Å²) in [4.78, 5) is 14.4. The van der Waals surface area contributed by atoms with Crippen molar-refractivity contribution in [3.63, 3.8) is 0 Å². The van der Waals surface area contributed by atoms with Crippen LogP contribution in [0.3, 0.4) is 0 Å². The highest BCUT2D eigenvalue weighted by atomic mass is 16.7. The summed E-state index contributed by atoms with van der Waals surface area (Å²) < 4.78 is 16.4. The maximum atomic E-state index is 12.0. The van der Waals surface area contributed by atoms with E-state index < -0.39 is 0 Å². The first-order valence-electron chi connectivity index (χ1n) is 8.86. The van der Waals surface area contributed by atoms with Crippen LogP contribution in [0.4, 0.5) is 4.79 Å². The van der Waals surface area contributed by atoms with Gasteiger partial charge in [-0.2, -0.15) is 0 Å². The Morgan fingerprint density at radius 3 is 2.60 bits per heavy atom. The number of amides is 2. The van der Waals surface area contributed by atoms with Gasteiger partial charge < -0.3 is 24.8 Å². The lowest BCUT2D eigenvalue weighted by Crippen LogP contribution is -2.46. The Morgan fingerprint density at radius 2 is 1.84 bits per heavy atom. The maximum absolute atomic E-state index is 12.0. The zero-order valence-corrected chi connectivity index (χ0v) is 14.9. The van der Waals surface area contributed by atoms with Gasteiger partial charge in [-0.3, -0.25) is 4.90 Å². The predicted octanol–water partition coefficient (Wildman–Crippen LogP) is 1.74. The van der Waals surface area contributed by atoms with E-state index in [0.717, 1.165) is 30.2 Å². The monoisotopic (exact) mass is 349 g/mol. The minimum atomic E-state index is -0.132. The van der Waals surface area contributed by atoms with Crippen molar-refractivity contribution in [2.75, 3.05) is 46.2 Å². The Hall–Kier alpha value is -1.99. The first-order valence-corrected chi connectivity index (χ1v) is 8.86. The van der Waals surface area contributed by atoms with Crippen molar-refractivity contribution in [3.05, 3.63) is 23.8 Å². The van der Waals surface area contributed by atoms with Crippen LogP contribution in [0.5, 0.6) is 11.5 Å². The molecule has 3 rings (SSSR count). The molecular formula is C18H27N3O4. The highest BCUT2D eigenvalue weighted by Gasteiger charge is 2.25. The van der Waals surface area contributed by atoms with Gasteiger partial charge in [0.2, 0.25) is 6.79 Å². The van der Waals surface area contributed by atoms with Crippen molar-refractivity contribution >= 4 is 6.03 Å². The lowest BCUT2D eigenvalue weighted by molar-refractivity contribution is 0.0167. The molecule has 0 aliphatic carbocycles. The van der Waals surface area contributed by atoms with Gasteiger partial charge in [0, 0.05) is 26.2 Å². The third-order valence-corrected chi connectivity index (χ3v) is 4.39. The number of ether oxygens (including phenoxy) is 3. The summed E-state index contributed by atoms with van der Waals surface area (Å²) in [7, 11) is 0. The molecule has 7 heteroatoms. The molecule has 138 valence electrons. The number of nitrogens with one attached hydrogen (secondary N) is 2. The van der Waals surface area contributed by atoms with Crippen LogP contribution in [0.1, 0.15) is 25.5 Å². The minimum Gasteiger partial charge on any atom is -0.454 e. The Labute approximate surface area is 148 Å². The zero-order valence-electron chi connectivity index (χ0n) is 14.9.